The summed E-state index contributed by atoms with van der Waals surface area (Å²) < 4.78 is 21.4. The van der Waals surface area contributed by atoms with E-state index in [4.69, 9.17) is 9.05 Å². The quantitative estimate of drug-likeness (QED) is 0.231. The molecule has 0 saturated heterocycles. The number of hydrogen-bond donors (Lipinski definition) is 0. The van der Waals surface area contributed by atoms with Gasteiger partial charge in [0.1, 0.15) is 13.2 Å². The molecule has 0 atom stereocenters. The molecule has 3 nitrogen and oxygen atoms in total. The van der Waals surface area contributed by atoms with Crippen LogP contribution in [0.2, 0.25) is 0 Å². The van der Waals surface area contributed by atoms with Gasteiger partial charge in [0, 0.05) is 4.57 Å². The Hall–Kier alpha value is 0.0200. The third kappa shape index (κ3) is 25.0. The summed E-state index contributed by atoms with van der Waals surface area (Å²) in [5.74, 6) is 0. The average molecular weight is 335 g/mol. The van der Waals surface area contributed by atoms with Gasteiger partial charge >= 0.3 is 8.25 Å². The summed E-state index contributed by atoms with van der Waals surface area (Å²) in [6, 6.07) is 0. The monoisotopic (exact) mass is 335 g/mol. The molecule has 134 valence electrons. The van der Waals surface area contributed by atoms with Crippen LogP contribution in [-0.4, -0.2) is 13.2 Å². The first-order valence-electron chi connectivity index (χ1n) is 9.45. The summed E-state index contributed by atoms with van der Waals surface area (Å²) in [6.07, 6.45) is 14.7. The standard InChI is InChI=1S/C12H26O3P.C6H14/c1-3-5-7-9-11-14-16(13)15-12-10-8-6-4-2;1-3-5-6-4-2/h3-12H2,1-2H3;3-6H2,1-2H3/q+1;. The molecule has 0 N–H and O–H groups in total. The van der Waals surface area contributed by atoms with Gasteiger partial charge in [0.15, 0.2) is 0 Å². The van der Waals surface area contributed by atoms with Crippen LogP contribution in [0.1, 0.15) is 105 Å². The highest BCUT2D eigenvalue weighted by atomic mass is 31.1. The number of unbranched alkanes of at least 4 members (excludes halogenated alkanes) is 9. The Morgan fingerprint density at radius 2 is 0.864 bits per heavy atom. The van der Waals surface area contributed by atoms with Gasteiger partial charge in [-0.3, -0.25) is 0 Å². The van der Waals surface area contributed by atoms with Gasteiger partial charge in [0.2, 0.25) is 0 Å². The highest BCUT2D eigenvalue weighted by molar-refractivity contribution is 7.33. The van der Waals surface area contributed by atoms with Gasteiger partial charge in [-0.2, -0.15) is 0 Å². The van der Waals surface area contributed by atoms with Crippen molar-refractivity contribution < 1.29 is 13.6 Å². The molecule has 0 aromatic heterocycles. The Morgan fingerprint density at radius 3 is 1.18 bits per heavy atom. The SMILES string of the molecule is CCCCCC.CCCCCCO[P+](=O)OCCCCCC. The van der Waals surface area contributed by atoms with Crippen molar-refractivity contribution in [1.29, 1.82) is 0 Å². The smallest absolute Gasteiger partial charge is 0.119 e. The first kappa shape index (κ1) is 24.3. The molecule has 22 heavy (non-hydrogen) atoms. The summed E-state index contributed by atoms with van der Waals surface area (Å²) in [5.41, 5.74) is 0. The van der Waals surface area contributed by atoms with Crippen LogP contribution in [0.15, 0.2) is 0 Å². The summed E-state index contributed by atoms with van der Waals surface area (Å²) in [7, 11) is -1.87. The van der Waals surface area contributed by atoms with Crippen molar-refractivity contribution in [1.82, 2.24) is 0 Å². The Bertz CT molecular complexity index is 191. The summed E-state index contributed by atoms with van der Waals surface area (Å²) in [6.45, 7) is 9.92. The molecular formula is C18H40O3P+. The maximum atomic E-state index is 11.2. The van der Waals surface area contributed by atoms with Crippen LogP contribution in [0.3, 0.4) is 0 Å². The van der Waals surface area contributed by atoms with Gasteiger partial charge in [-0.05, 0) is 12.8 Å². The Morgan fingerprint density at radius 1 is 0.545 bits per heavy atom. The van der Waals surface area contributed by atoms with Crippen LogP contribution in [0.4, 0.5) is 0 Å². The van der Waals surface area contributed by atoms with Crippen molar-refractivity contribution in [2.75, 3.05) is 13.2 Å². The Labute approximate surface area is 140 Å². The molecule has 0 aliphatic heterocycles. The zero-order chi connectivity index (χ0) is 16.9. The van der Waals surface area contributed by atoms with Gasteiger partial charge in [0.25, 0.3) is 0 Å². The van der Waals surface area contributed by atoms with E-state index in [9.17, 15) is 4.57 Å². The summed E-state index contributed by atoms with van der Waals surface area (Å²) >= 11 is 0. The van der Waals surface area contributed by atoms with Gasteiger partial charge in [-0.25, -0.2) is 0 Å². The molecule has 0 aromatic carbocycles. The number of rotatable bonds is 15. The van der Waals surface area contributed by atoms with Crippen molar-refractivity contribution in [3.05, 3.63) is 0 Å². The van der Waals surface area contributed by atoms with E-state index in [1.807, 2.05) is 0 Å². The van der Waals surface area contributed by atoms with Crippen LogP contribution in [0.5, 0.6) is 0 Å². The van der Waals surface area contributed by atoms with Crippen LogP contribution < -0.4 is 0 Å². The Balaban J connectivity index is 0. The predicted molar refractivity (Wildman–Crippen MR) is 97.6 cm³/mol. The van der Waals surface area contributed by atoms with E-state index < -0.39 is 8.25 Å². The third-order valence-electron chi connectivity index (χ3n) is 3.35. The molecule has 0 saturated carbocycles. The van der Waals surface area contributed by atoms with E-state index in [1.165, 1.54) is 51.4 Å². The zero-order valence-electron chi connectivity index (χ0n) is 15.6. The lowest BCUT2D eigenvalue weighted by Crippen LogP contribution is -1.91. The fourth-order valence-electron chi connectivity index (χ4n) is 1.87. The Kier molecular flexibility index (Phi) is 25.7. The minimum absolute atomic E-state index is 0.560. The second-order valence-corrected chi connectivity index (χ2v) is 6.68. The largest absolute Gasteiger partial charge is 0.697 e. The maximum absolute atomic E-state index is 11.2. The van der Waals surface area contributed by atoms with E-state index in [0.29, 0.717) is 13.2 Å². The van der Waals surface area contributed by atoms with Gasteiger partial charge < -0.3 is 0 Å². The third-order valence-corrected chi connectivity index (χ3v) is 4.13. The molecule has 0 amide bonds. The first-order chi connectivity index (χ1) is 10.7. The molecular weight excluding hydrogens is 295 g/mol. The van der Waals surface area contributed by atoms with Crippen molar-refractivity contribution >= 4 is 8.25 Å². The highest BCUT2D eigenvalue weighted by Crippen LogP contribution is 2.24. The van der Waals surface area contributed by atoms with E-state index in [1.54, 1.807) is 0 Å². The van der Waals surface area contributed by atoms with Gasteiger partial charge in [-0.15, -0.1) is 9.05 Å². The lowest BCUT2D eigenvalue weighted by Gasteiger charge is -1.95. The van der Waals surface area contributed by atoms with Crippen molar-refractivity contribution in [3.8, 4) is 0 Å². The first-order valence-corrected chi connectivity index (χ1v) is 10.5. The fraction of sp³-hybridized carbons (Fsp3) is 1.00. The molecule has 0 fully saturated rings. The van der Waals surface area contributed by atoms with E-state index in [2.05, 4.69) is 27.7 Å². The molecule has 0 spiro atoms. The number of hydrogen-bond acceptors (Lipinski definition) is 3. The van der Waals surface area contributed by atoms with Gasteiger partial charge in [-0.1, -0.05) is 91.9 Å². The summed E-state index contributed by atoms with van der Waals surface area (Å²) in [4.78, 5) is 0. The molecule has 0 rings (SSSR count). The van der Waals surface area contributed by atoms with E-state index >= 15 is 0 Å². The second-order valence-electron chi connectivity index (χ2n) is 5.72. The van der Waals surface area contributed by atoms with Gasteiger partial charge in [0.05, 0.1) is 0 Å². The molecule has 0 heterocycles. The molecule has 0 aliphatic carbocycles. The summed E-state index contributed by atoms with van der Waals surface area (Å²) in [5, 5.41) is 0. The topological polar surface area (TPSA) is 35.5 Å². The van der Waals surface area contributed by atoms with Crippen LogP contribution in [-0.2, 0) is 13.6 Å². The average Bonchev–Trinajstić information content (AvgIpc) is 2.53. The maximum Gasteiger partial charge on any atom is 0.697 e. The minimum Gasteiger partial charge on any atom is -0.119 e. The zero-order valence-corrected chi connectivity index (χ0v) is 16.5. The van der Waals surface area contributed by atoms with Crippen molar-refractivity contribution in [2.24, 2.45) is 0 Å². The van der Waals surface area contributed by atoms with Crippen LogP contribution >= 0.6 is 8.25 Å². The predicted octanol–water partition coefficient (Wildman–Crippen LogP) is 7.42. The molecule has 0 aromatic rings. The van der Waals surface area contributed by atoms with Crippen LogP contribution in [0, 0.1) is 0 Å². The fourth-order valence-corrected chi connectivity index (χ4v) is 2.50. The molecule has 0 unspecified atom stereocenters. The van der Waals surface area contributed by atoms with Crippen molar-refractivity contribution in [2.45, 2.75) is 105 Å². The lowest BCUT2D eigenvalue weighted by molar-refractivity contribution is 0.218. The molecule has 0 bridgehead atoms. The molecule has 0 aliphatic rings. The lowest BCUT2D eigenvalue weighted by atomic mass is 10.2. The van der Waals surface area contributed by atoms with Crippen LogP contribution in [0.25, 0.3) is 0 Å². The molecule has 0 radical (unpaired) electrons. The van der Waals surface area contributed by atoms with E-state index in [0.717, 1.165) is 25.7 Å². The normalized spacial score (nSPS) is 10.2. The van der Waals surface area contributed by atoms with Crippen molar-refractivity contribution in [3.63, 3.8) is 0 Å². The minimum atomic E-state index is -1.87. The van der Waals surface area contributed by atoms with E-state index in [-0.39, 0.29) is 0 Å². The second kappa shape index (κ2) is 23.3. The highest BCUT2D eigenvalue weighted by Gasteiger charge is 2.18. The molecule has 4 heteroatoms.